The van der Waals surface area contributed by atoms with Crippen molar-refractivity contribution in [3.05, 3.63) is 59.2 Å². The summed E-state index contributed by atoms with van der Waals surface area (Å²) >= 11 is 1.44. The molecule has 35 heavy (non-hydrogen) atoms. The standard InChI is InChI=1S/C27H34N4O3S/c1-20-8-7-10-23(21(20)2)28-25(32)18-29-14-16-31(17-15-29)27(34)22-9-3-4-11-24(22)35-19-26(33)30-12-5-6-13-30/h3-4,7-11H,5-6,12-19H2,1-2H3,(H,28,32). The molecule has 0 aliphatic carbocycles. The van der Waals surface area contributed by atoms with Crippen molar-refractivity contribution in [1.29, 1.82) is 0 Å². The van der Waals surface area contributed by atoms with Gasteiger partial charge in [-0.25, -0.2) is 0 Å². The Kier molecular flexibility index (Phi) is 8.46. The van der Waals surface area contributed by atoms with Crippen LogP contribution >= 0.6 is 11.8 Å². The van der Waals surface area contributed by atoms with Crippen LogP contribution in [0.1, 0.15) is 34.3 Å². The second-order valence-corrected chi connectivity index (χ2v) is 10.3. The number of piperazine rings is 1. The minimum atomic E-state index is -0.0390. The number of thioether (sulfide) groups is 1. The third-order valence-corrected chi connectivity index (χ3v) is 7.89. The van der Waals surface area contributed by atoms with Gasteiger partial charge >= 0.3 is 0 Å². The molecule has 3 amide bonds. The first kappa shape index (κ1) is 25.3. The number of benzene rings is 2. The van der Waals surface area contributed by atoms with Crippen molar-refractivity contribution in [2.24, 2.45) is 0 Å². The molecule has 4 rings (SSSR count). The van der Waals surface area contributed by atoms with Gasteiger partial charge in [0.1, 0.15) is 0 Å². The van der Waals surface area contributed by atoms with Gasteiger partial charge in [0.25, 0.3) is 5.91 Å². The maximum absolute atomic E-state index is 13.3. The van der Waals surface area contributed by atoms with E-state index in [-0.39, 0.29) is 17.7 Å². The number of amides is 3. The van der Waals surface area contributed by atoms with Crippen molar-refractivity contribution in [3.8, 4) is 0 Å². The summed E-state index contributed by atoms with van der Waals surface area (Å²) in [6.45, 7) is 8.46. The maximum atomic E-state index is 13.3. The van der Waals surface area contributed by atoms with Crippen LogP contribution in [-0.4, -0.2) is 84.0 Å². The first-order valence-electron chi connectivity index (χ1n) is 12.3. The zero-order chi connectivity index (χ0) is 24.8. The van der Waals surface area contributed by atoms with E-state index >= 15 is 0 Å². The predicted octanol–water partition coefficient (Wildman–Crippen LogP) is 3.41. The van der Waals surface area contributed by atoms with Gasteiger partial charge in [0.05, 0.1) is 17.9 Å². The molecule has 2 fully saturated rings. The lowest BCUT2D eigenvalue weighted by Crippen LogP contribution is -2.50. The molecule has 0 atom stereocenters. The number of aryl methyl sites for hydroxylation is 1. The number of likely N-dealkylation sites (tertiary alicyclic amines) is 1. The number of nitrogens with one attached hydrogen (secondary N) is 1. The molecule has 0 saturated carbocycles. The van der Waals surface area contributed by atoms with Gasteiger partial charge < -0.3 is 15.1 Å². The minimum Gasteiger partial charge on any atom is -0.342 e. The van der Waals surface area contributed by atoms with Gasteiger partial charge in [-0.1, -0.05) is 24.3 Å². The molecular formula is C27H34N4O3S. The Bertz CT molecular complexity index is 1080. The summed E-state index contributed by atoms with van der Waals surface area (Å²) in [5.41, 5.74) is 3.72. The van der Waals surface area contributed by atoms with Crippen molar-refractivity contribution in [2.75, 3.05) is 56.9 Å². The van der Waals surface area contributed by atoms with Gasteiger partial charge in [-0.2, -0.15) is 0 Å². The van der Waals surface area contributed by atoms with Crippen LogP contribution in [0, 0.1) is 13.8 Å². The van der Waals surface area contributed by atoms with Gasteiger partial charge in [0.2, 0.25) is 11.8 Å². The Balaban J connectivity index is 1.28. The maximum Gasteiger partial charge on any atom is 0.255 e. The van der Waals surface area contributed by atoms with Gasteiger partial charge in [0, 0.05) is 49.9 Å². The third kappa shape index (κ3) is 6.44. The molecule has 2 aliphatic rings. The van der Waals surface area contributed by atoms with E-state index in [9.17, 15) is 14.4 Å². The van der Waals surface area contributed by atoms with Gasteiger partial charge in [-0.05, 0) is 56.0 Å². The topological polar surface area (TPSA) is 73.0 Å². The molecule has 2 heterocycles. The molecule has 0 radical (unpaired) electrons. The average Bonchev–Trinajstić information content (AvgIpc) is 3.41. The van der Waals surface area contributed by atoms with E-state index in [4.69, 9.17) is 0 Å². The normalized spacial score (nSPS) is 16.4. The first-order valence-corrected chi connectivity index (χ1v) is 13.3. The van der Waals surface area contributed by atoms with Crippen molar-refractivity contribution in [3.63, 3.8) is 0 Å². The van der Waals surface area contributed by atoms with Gasteiger partial charge in [-0.15, -0.1) is 11.8 Å². The Morgan fingerprint density at radius 1 is 0.857 bits per heavy atom. The van der Waals surface area contributed by atoms with Crippen LogP contribution in [0.5, 0.6) is 0 Å². The summed E-state index contributed by atoms with van der Waals surface area (Å²) in [7, 11) is 0. The fraction of sp³-hybridized carbons (Fsp3) is 0.444. The highest BCUT2D eigenvalue weighted by Gasteiger charge is 2.25. The second-order valence-electron chi connectivity index (χ2n) is 9.24. The van der Waals surface area contributed by atoms with E-state index in [0.717, 1.165) is 47.6 Å². The second kappa shape index (κ2) is 11.7. The van der Waals surface area contributed by atoms with E-state index in [1.54, 1.807) is 0 Å². The Labute approximate surface area is 211 Å². The smallest absolute Gasteiger partial charge is 0.255 e. The van der Waals surface area contributed by atoms with Crippen LogP contribution < -0.4 is 5.32 Å². The summed E-state index contributed by atoms with van der Waals surface area (Å²) in [5.74, 6) is 0.444. The molecule has 2 aliphatic heterocycles. The van der Waals surface area contributed by atoms with Crippen molar-refractivity contribution in [1.82, 2.24) is 14.7 Å². The summed E-state index contributed by atoms with van der Waals surface area (Å²) in [5, 5.41) is 3.01. The van der Waals surface area contributed by atoms with Crippen LogP contribution in [0.3, 0.4) is 0 Å². The highest BCUT2D eigenvalue weighted by Crippen LogP contribution is 2.25. The van der Waals surface area contributed by atoms with E-state index in [1.807, 2.05) is 66.1 Å². The van der Waals surface area contributed by atoms with E-state index in [1.165, 1.54) is 11.8 Å². The number of rotatable bonds is 7. The highest BCUT2D eigenvalue weighted by atomic mass is 32.2. The fourth-order valence-electron chi connectivity index (χ4n) is 4.53. The number of hydrogen-bond donors (Lipinski definition) is 1. The lowest BCUT2D eigenvalue weighted by molar-refractivity contribution is -0.127. The third-order valence-electron chi connectivity index (χ3n) is 6.83. The minimum absolute atomic E-state index is 0.0128. The molecule has 0 unspecified atom stereocenters. The number of anilines is 1. The molecule has 186 valence electrons. The molecule has 1 N–H and O–H groups in total. The average molecular weight is 495 g/mol. The van der Waals surface area contributed by atoms with Crippen molar-refractivity contribution in [2.45, 2.75) is 31.6 Å². The quantitative estimate of drug-likeness (QED) is 0.597. The zero-order valence-electron chi connectivity index (χ0n) is 20.6. The molecular weight excluding hydrogens is 460 g/mol. The van der Waals surface area contributed by atoms with Crippen LogP contribution in [0.2, 0.25) is 0 Å². The molecule has 2 aromatic carbocycles. The highest BCUT2D eigenvalue weighted by molar-refractivity contribution is 8.00. The monoisotopic (exact) mass is 494 g/mol. The van der Waals surface area contributed by atoms with Crippen LogP contribution in [0.4, 0.5) is 5.69 Å². The lowest BCUT2D eigenvalue weighted by atomic mass is 10.1. The van der Waals surface area contributed by atoms with Gasteiger partial charge in [0.15, 0.2) is 0 Å². The Morgan fingerprint density at radius 3 is 2.31 bits per heavy atom. The fourth-order valence-corrected chi connectivity index (χ4v) is 5.47. The number of carbonyl (C=O) groups excluding carboxylic acids is 3. The number of nitrogens with zero attached hydrogens (tertiary/aromatic N) is 3. The Morgan fingerprint density at radius 2 is 1.57 bits per heavy atom. The van der Waals surface area contributed by atoms with Crippen molar-refractivity contribution < 1.29 is 14.4 Å². The predicted molar refractivity (Wildman–Crippen MR) is 140 cm³/mol. The first-order chi connectivity index (χ1) is 16.9. The molecule has 2 aromatic rings. The molecule has 7 nitrogen and oxygen atoms in total. The largest absolute Gasteiger partial charge is 0.342 e. The summed E-state index contributed by atoms with van der Waals surface area (Å²) < 4.78 is 0. The molecule has 0 spiro atoms. The lowest BCUT2D eigenvalue weighted by Gasteiger charge is -2.34. The van der Waals surface area contributed by atoms with E-state index in [2.05, 4.69) is 10.2 Å². The molecule has 2 saturated heterocycles. The molecule has 0 bridgehead atoms. The SMILES string of the molecule is Cc1cccc(NC(=O)CN2CCN(C(=O)c3ccccc3SCC(=O)N3CCCC3)CC2)c1C. The number of hydrogen-bond acceptors (Lipinski definition) is 5. The summed E-state index contributed by atoms with van der Waals surface area (Å²) in [6, 6.07) is 13.4. The van der Waals surface area contributed by atoms with Gasteiger partial charge in [-0.3, -0.25) is 19.3 Å². The van der Waals surface area contributed by atoms with Crippen LogP contribution in [0.15, 0.2) is 47.4 Å². The zero-order valence-corrected chi connectivity index (χ0v) is 21.4. The summed E-state index contributed by atoms with van der Waals surface area (Å²) in [6.07, 6.45) is 2.15. The molecule has 8 heteroatoms. The molecule has 0 aromatic heterocycles. The van der Waals surface area contributed by atoms with Crippen molar-refractivity contribution >= 4 is 35.2 Å². The van der Waals surface area contributed by atoms with E-state index in [0.29, 0.717) is 44.0 Å². The van der Waals surface area contributed by atoms with E-state index < -0.39 is 0 Å². The number of carbonyl (C=O) groups is 3. The van der Waals surface area contributed by atoms with Crippen LogP contribution in [0.25, 0.3) is 0 Å². The Hall–Kier alpha value is -2.84. The van der Waals surface area contributed by atoms with Crippen LogP contribution in [-0.2, 0) is 9.59 Å². The summed E-state index contributed by atoms with van der Waals surface area (Å²) in [4.78, 5) is 45.0.